The van der Waals surface area contributed by atoms with Crippen LogP contribution in [0.4, 0.5) is 0 Å². The molecule has 160 valence electrons. The number of thioether (sulfide) groups is 1. The fraction of sp³-hybridized carbons (Fsp3) is 0.524. The summed E-state index contributed by atoms with van der Waals surface area (Å²) in [7, 11) is 2.93. The molecule has 1 aromatic carbocycles. The topological polar surface area (TPSA) is 80.3 Å². The van der Waals surface area contributed by atoms with Gasteiger partial charge in [0.15, 0.2) is 0 Å². The molecule has 1 aliphatic heterocycles. The van der Waals surface area contributed by atoms with E-state index in [4.69, 9.17) is 23.7 Å². The number of carbonyl (C=O) groups is 2. The molecule has 0 saturated carbocycles. The summed E-state index contributed by atoms with van der Waals surface area (Å²) < 4.78 is 28.1. The Kier molecular flexibility index (Phi) is 7.37. The summed E-state index contributed by atoms with van der Waals surface area (Å²) in [5.74, 6) is -2.60. The molecule has 0 fully saturated rings. The van der Waals surface area contributed by atoms with Gasteiger partial charge in [0.25, 0.3) is 0 Å². The molecule has 7 nitrogen and oxygen atoms in total. The van der Waals surface area contributed by atoms with Gasteiger partial charge in [0, 0.05) is 12.0 Å². The zero-order chi connectivity index (χ0) is 21.8. The quantitative estimate of drug-likeness (QED) is 0.464. The first-order valence-corrected chi connectivity index (χ1v) is 10.5. The van der Waals surface area contributed by atoms with Gasteiger partial charge < -0.3 is 23.7 Å². The Morgan fingerprint density at radius 1 is 1.03 bits per heavy atom. The Hall–Kier alpha value is -2.03. The molecule has 1 atom stereocenters. The first kappa shape index (κ1) is 23.3. The Labute approximate surface area is 175 Å². The lowest BCUT2D eigenvalue weighted by Crippen LogP contribution is -2.38. The molecule has 0 spiro atoms. The molecular formula is C21H28O7S. The molecule has 1 heterocycles. The third-order valence-electron chi connectivity index (χ3n) is 4.59. The van der Waals surface area contributed by atoms with Crippen LogP contribution in [0, 0.1) is 0 Å². The average molecular weight is 425 g/mol. The lowest BCUT2D eigenvalue weighted by atomic mass is 9.90. The van der Waals surface area contributed by atoms with Crippen LogP contribution in [0.1, 0.15) is 33.3 Å². The number of hydrogen-bond donors (Lipinski definition) is 0. The highest BCUT2D eigenvalue weighted by Crippen LogP contribution is 2.52. The summed E-state index contributed by atoms with van der Waals surface area (Å²) in [5, 5.41) is 0. The van der Waals surface area contributed by atoms with Gasteiger partial charge in [0.1, 0.15) is 11.3 Å². The standard InChI is InChI=1S/C21H28O7S/c1-8-26-18(22)16-17(19(23)27-9-2)21(25-6,28-20(16,3)4)14-11-10-13(29-7)12-15(14)24-5/h10-12H,8-9H2,1-7H3. The molecule has 1 unspecified atom stereocenters. The predicted octanol–water partition coefficient (Wildman–Crippen LogP) is 3.45. The van der Waals surface area contributed by atoms with Crippen LogP contribution in [0.3, 0.4) is 0 Å². The lowest BCUT2D eigenvalue weighted by Gasteiger charge is -2.33. The second kappa shape index (κ2) is 9.19. The molecule has 1 aliphatic rings. The van der Waals surface area contributed by atoms with Gasteiger partial charge in [-0.2, -0.15) is 0 Å². The summed E-state index contributed by atoms with van der Waals surface area (Å²) in [6, 6.07) is 5.45. The van der Waals surface area contributed by atoms with Crippen LogP contribution < -0.4 is 4.74 Å². The molecule has 0 aliphatic carbocycles. The molecule has 0 N–H and O–H groups in total. The van der Waals surface area contributed by atoms with Gasteiger partial charge in [-0.25, -0.2) is 9.59 Å². The van der Waals surface area contributed by atoms with E-state index in [-0.39, 0.29) is 24.4 Å². The Balaban J connectivity index is 2.84. The largest absolute Gasteiger partial charge is 0.496 e. The van der Waals surface area contributed by atoms with E-state index in [1.807, 2.05) is 18.4 Å². The summed E-state index contributed by atoms with van der Waals surface area (Å²) in [6.07, 6.45) is 1.94. The number of methoxy groups -OCH3 is 2. The van der Waals surface area contributed by atoms with Crippen molar-refractivity contribution in [1.29, 1.82) is 0 Å². The first-order valence-electron chi connectivity index (χ1n) is 9.29. The van der Waals surface area contributed by atoms with E-state index in [0.29, 0.717) is 11.3 Å². The third-order valence-corrected chi connectivity index (χ3v) is 5.32. The Morgan fingerprint density at radius 3 is 2.10 bits per heavy atom. The maximum Gasteiger partial charge on any atom is 0.340 e. The molecule has 8 heteroatoms. The zero-order valence-electron chi connectivity index (χ0n) is 17.9. The van der Waals surface area contributed by atoms with Crippen LogP contribution in [0.15, 0.2) is 34.2 Å². The predicted molar refractivity (Wildman–Crippen MR) is 109 cm³/mol. The van der Waals surface area contributed by atoms with Crippen molar-refractivity contribution in [3.8, 4) is 5.75 Å². The summed E-state index contributed by atoms with van der Waals surface area (Å²) in [5.41, 5.74) is -0.694. The smallest absolute Gasteiger partial charge is 0.340 e. The maximum atomic E-state index is 13.0. The monoisotopic (exact) mass is 424 g/mol. The second-order valence-corrected chi connectivity index (χ2v) is 7.57. The van der Waals surface area contributed by atoms with Crippen LogP contribution in [-0.2, 0) is 34.3 Å². The van der Waals surface area contributed by atoms with Crippen molar-refractivity contribution in [2.24, 2.45) is 0 Å². The number of esters is 2. The van der Waals surface area contributed by atoms with Gasteiger partial charge in [0.2, 0.25) is 5.79 Å². The second-order valence-electron chi connectivity index (χ2n) is 6.69. The number of rotatable bonds is 8. The van der Waals surface area contributed by atoms with Crippen LogP contribution in [-0.4, -0.2) is 51.2 Å². The molecule has 1 aromatic rings. The third kappa shape index (κ3) is 4.15. The van der Waals surface area contributed by atoms with Gasteiger partial charge in [-0.3, -0.25) is 0 Å². The minimum absolute atomic E-state index is 0.0412. The van der Waals surface area contributed by atoms with E-state index in [1.165, 1.54) is 14.2 Å². The van der Waals surface area contributed by atoms with Crippen molar-refractivity contribution < 1.29 is 33.3 Å². The minimum atomic E-state index is -1.69. The zero-order valence-corrected chi connectivity index (χ0v) is 18.7. The number of carbonyl (C=O) groups excluding carboxylic acids is 2. The Bertz CT molecular complexity index is 815. The van der Waals surface area contributed by atoms with Gasteiger partial charge in [-0.15, -0.1) is 11.8 Å². The molecular weight excluding hydrogens is 396 g/mol. The molecule has 0 radical (unpaired) electrons. The molecule has 0 bridgehead atoms. The van der Waals surface area contributed by atoms with Crippen molar-refractivity contribution in [2.45, 2.75) is 44.0 Å². The van der Waals surface area contributed by atoms with Crippen LogP contribution in [0.25, 0.3) is 0 Å². The van der Waals surface area contributed by atoms with Crippen molar-refractivity contribution in [3.05, 3.63) is 34.9 Å². The molecule has 0 amide bonds. The first-order chi connectivity index (χ1) is 13.7. The SMILES string of the molecule is CCOC(=O)C1=C(C(=O)OCC)C(OC)(c2ccc(SC)cc2OC)OC1(C)C. The van der Waals surface area contributed by atoms with Gasteiger partial charge >= 0.3 is 11.9 Å². The summed E-state index contributed by atoms with van der Waals surface area (Å²) >= 11 is 1.54. The van der Waals surface area contributed by atoms with E-state index < -0.39 is 23.3 Å². The van der Waals surface area contributed by atoms with Crippen LogP contribution >= 0.6 is 11.8 Å². The van der Waals surface area contributed by atoms with Gasteiger partial charge in [-0.1, -0.05) is 0 Å². The van der Waals surface area contributed by atoms with Crippen molar-refractivity contribution >= 4 is 23.7 Å². The highest BCUT2D eigenvalue weighted by molar-refractivity contribution is 7.98. The number of benzene rings is 1. The lowest BCUT2D eigenvalue weighted by molar-refractivity contribution is -0.232. The highest BCUT2D eigenvalue weighted by atomic mass is 32.2. The minimum Gasteiger partial charge on any atom is -0.496 e. The van der Waals surface area contributed by atoms with Gasteiger partial charge in [-0.05, 0) is 52.1 Å². The van der Waals surface area contributed by atoms with Crippen molar-refractivity contribution in [3.63, 3.8) is 0 Å². The van der Waals surface area contributed by atoms with E-state index in [9.17, 15) is 9.59 Å². The van der Waals surface area contributed by atoms with E-state index in [0.717, 1.165) is 4.90 Å². The fourth-order valence-corrected chi connectivity index (χ4v) is 3.86. The molecule has 29 heavy (non-hydrogen) atoms. The van der Waals surface area contributed by atoms with E-state index >= 15 is 0 Å². The van der Waals surface area contributed by atoms with Crippen molar-refractivity contribution in [1.82, 2.24) is 0 Å². The van der Waals surface area contributed by atoms with Crippen LogP contribution in [0.5, 0.6) is 5.75 Å². The molecule has 0 aromatic heterocycles. The normalized spacial score (nSPS) is 20.5. The van der Waals surface area contributed by atoms with E-state index in [2.05, 4.69) is 0 Å². The average Bonchev–Trinajstić information content (AvgIpc) is 2.95. The van der Waals surface area contributed by atoms with Crippen LogP contribution in [0.2, 0.25) is 0 Å². The number of hydrogen-bond acceptors (Lipinski definition) is 8. The molecule has 2 rings (SSSR count). The van der Waals surface area contributed by atoms with E-state index in [1.54, 1.807) is 45.5 Å². The maximum absolute atomic E-state index is 13.0. The van der Waals surface area contributed by atoms with Crippen molar-refractivity contribution in [2.75, 3.05) is 33.7 Å². The number of ether oxygens (including phenoxy) is 5. The highest BCUT2D eigenvalue weighted by Gasteiger charge is 2.59. The fourth-order valence-electron chi connectivity index (χ4n) is 3.43. The summed E-state index contributed by atoms with van der Waals surface area (Å²) in [4.78, 5) is 26.8. The summed E-state index contributed by atoms with van der Waals surface area (Å²) in [6.45, 7) is 7.02. The Morgan fingerprint density at radius 2 is 1.62 bits per heavy atom. The van der Waals surface area contributed by atoms with Gasteiger partial charge in [0.05, 0.1) is 37.1 Å². The molecule has 0 saturated heterocycles.